The van der Waals surface area contributed by atoms with E-state index in [1.54, 1.807) is 0 Å². The number of hydrogen-bond acceptors (Lipinski definition) is 6. The molecule has 0 fully saturated rings. The zero-order valence-corrected chi connectivity index (χ0v) is 15.0. The minimum absolute atomic E-state index is 0.0410. The molecule has 1 atom stereocenters. The van der Waals surface area contributed by atoms with Crippen molar-refractivity contribution in [1.29, 1.82) is 5.26 Å². The molecule has 3 rings (SSSR count). The van der Waals surface area contributed by atoms with Crippen molar-refractivity contribution < 1.29 is 0 Å². The van der Waals surface area contributed by atoms with Gasteiger partial charge in [0.1, 0.15) is 17.6 Å². The molecular weight excluding hydrogens is 344 g/mol. The van der Waals surface area contributed by atoms with Crippen molar-refractivity contribution in [3.8, 4) is 6.07 Å². The molecule has 0 aliphatic heterocycles. The number of pyridine rings is 1. The first-order valence-corrected chi connectivity index (χ1v) is 8.48. The molecule has 3 aromatic rings. The van der Waals surface area contributed by atoms with E-state index in [1.165, 1.54) is 17.8 Å². The quantitative estimate of drug-likeness (QED) is 0.436. The van der Waals surface area contributed by atoms with Crippen LogP contribution in [0.4, 0.5) is 5.82 Å². The van der Waals surface area contributed by atoms with Crippen LogP contribution in [0.25, 0.3) is 10.9 Å². The van der Waals surface area contributed by atoms with E-state index in [1.807, 2.05) is 37.6 Å². The molecule has 8 heteroatoms. The lowest BCUT2D eigenvalue weighted by molar-refractivity contribution is 0.910. The highest BCUT2D eigenvalue weighted by Crippen LogP contribution is 2.35. The standard InChI is InChI=1S/C16H15ClN6S/c1-8-4-10-5-12(21-15(17)14(10)23(8)3)9(2)24-16-20-11(7-18)6-13(19)22-16/h4-6,9H,1-3H3,(H2,19,20,22). The predicted molar refractivity (Wildman–Crippen MR) is 95.9 cm³/mol. The lowest BCUT2D eigenvalue weighted by Gasteiger charge is -2.11. The number of thioether (sulfide) groups is 1. The molecule has 0 saturated carbocycles. The molecule has 2 N–H and O–H groups in total. The van der Waals surface area contributed by atoms with Gasteiger partial charge in [0.05, 0.1) is 16.5 Å². The first-order valence-electron chi connectivity index (χ1n) is 7.23. The minimum atomic E-state index is -0.0410. The van der Waals surface area contributed by atoms with Crippen molar-refractivity contribution in [2.75, 3.05) is 5.73 Å². The second-order valence-corrected chi connectivity index (χ2v) is 7.12. The third-order valence-corrected chi connectivity index (χ3v) is 5.02. The summed E-state index contributed by atoms with van der Waals surface area (Å²) in [6.07, 6.45) is 0. The molecule has 3 aromatic heterocycles. The summed E-state index contributed by atoms with van der Waals surface area (Å²) in [4.78, 5) is 12.8. The topological polar surface area (TPSA) is 93.4 Å². The number of nitrogens with two attached hydrogens (primary N) is 1. The maximum absolute atomic E-state index is 8.98. The van der Waals surface area contributed by atoms with Gasteiger partial charge in [0, 0.05) is 24.2 Å². The van der Waals surface area contributed by atoms with Gasteiger partial charge in [-0.05, 0) is 26.0 Å². The summed E-state index contributed by atoms with van der Waals surface area (Å²) >= 11 is 7.75. The first-order chi connectivity index (χ1) is 11.4. The Hall–Kier alpha value is -2.30. The summed E-state index contributed by atoms with van der Waals surface area (Å²) < 4.78 is 2.02. The molecule has 122 valence electrons. The average molecular weight is 359 g/mol. The Morgan fingerprint density at radius 3 is 2.75 bits per heavy atom. The van der Waals surface area contributed by atoms with Crippen LogP contribution in [0.2, 0.25) is 5.15 Å². The van der Waals surface area contributed by atoms with E-state index in [-0.39, 0.29) is 16.8 Å². The largest absolute Gasteiger partial charge is 0.384 e. The molecule has 0 radical (unpaired) electrons. The molecular formula is C16H15ClN6S. The van der Waals surface area contributed by atoms with Gasteiger partial charge in [-0.3, -0.25) is 0 Å². The van der Waals surface area contributed by atoms with Crippen LogP contribution in [-0.2, 0) is 7.05 Å². The Bertz CT molecular complexity index is 975. The fraction of sp³-hybridized carbons (Fsp3) is 0.250. The number of hydrogen-bond donors (Lipinski definition) is 1. The van der Waals surface area contributed by atoms with E-state index < -0.39 is 0 Å². The number of aromatic nitrogens is 4. The first kappa shape index (κ1) is 16.6. The second-order valence-electron chi connectivity index (χ2n) is 5.45. The van der Waals surface area contributed by atoms with Crippen LogP contribution in [0.5, 0.6) is 0 Å². The van der Waals surface area contributed by atoms with E-state index in [0.717, 1.165) is 22.3 Å². The Balaban J connectivity index is 1.96. The lowest BCUT2D eigenvalue weighted by atomic mass is 10.2. The van der Waals surface area contributed by atoms with E-state index in [0.29, 0.717) is 10.3 Å². The zero-order chi connectivity index (χ0) is 17.4. The van der Waals surface area contributed by atoms with Crippen LogP contribution in [0.1, 0.15) is 29.3 Å². The van der Waals surface area contributed by atoms with E-state index in [4.69, 9.17) is 22.6 Å². The highest BCUT2D eigenvalue weighted by Gasteiger charge is 2.16. The maximum atomic E-state index is 8.98. The van der Waals surface area contributed by atoms with E-state index >= 15 is 0 Å². The van der Waals surface area contributed by atoms with Crippen LogP contribution < -0.4 is 5.73 Å². The van der Waals surface area contributed by atoms with Gasteiger partial charge >= 0.3 is 0 Å². The molecule has 24 heavy (non-hydrogen) atoms. The molecule has 0 bridgehead atoms. The van der Waals surface area contributed by atoms with Crippen molar-refractivity contribution in [3.05, 3.63) is 40.4 Å². The summed E-state index contributed by atoms with van der Waals surface area (Å²) in [5.41, 5.74) is 8.82. The Morgan fingerprint density at radius 2 is 2.04 bits per heavy atom. The lowest BCUT2D eigenvalue weighted by Crippen LogP contribution is -2.00. The Labute approximate surface area is 148 Å². The monoisotopic (exact) mass is 358 g/mol. The predicted octanol–water partition coefficient (Wildman–Crippen LogP) is 3.63. The summed E-state index contributed by atoms with van der Waals surface area (Å²) in [6.45, 7) is 4.02. The second kappa shape index (κ2) is 6.30. The molecule has 0 spiro atoms. The molecule has 0 aliphatic rings. The average Bonchev–Trinajstić information content (AvgIpc) is 2.81. The molecule has 6 nitrogen and oxygen atoms in total. The molecule has 3 heterocycles. The third-order valence-electron chi connectivity index (χ3n) is 3.77. The van der Waals surface area contributed by atoms with Crippen LogP contribution in [0.15, 0.2) is 23.4 Å². The fourth-order valence-electron chi connectivity index (χ4n) is 2.47. The van der Waals surface area contributed by atoms with Gasteiger partial charge in [0.15, 0.2) is 10.3 Å². The number of nitriles is 1. The van der Waals surface area contributed by atoms with Gasteiger partial charge in [-0.1, -0.05) is 23.4 Å². The van der Waals surface area contributed by atoms with Gasteiger partial charge in [-0.2, -0.15) is 5.26 Å². The third kappa shape index (κ3) is 3.03. The molecule has 1 unspecified atom stereocenters. The molecule has 0 aromatic carbocycles. The Morgan fingerprint density at radius 1 is 1.29 bits per heavy atom. The number of fused-ring (bicyclic) bond motifs is 1. The van der Waals surface area contributed by atoms with Crippen LogP contribution in [0, 0.1) is 18.3 Å². The van der Waals surface area contributed by atoms with Crippen molar-refractivity contribution in [2.45, 2.75) is 24.3 Å². The van der Waals surface area contributed by atoms with Gasteiger partial charge in [-0.15, -0.1) is 0 Å². The van der Waals surface area contributed by atoms with Gasteiger partial charge < -0.3 is 10.3 Å². The SMILES string of the molecule is Cc1cc2cc(C(C)Sc3nc(N)cc(C#N)n3)nc(Cl)c2n1C. The highest BCUT2D eigenvalue weighted by atomic mass is 35.5. The smallest absolute Gasteiger partial charge is 0.191 e. The summed E-state index contributed by atoms with van der Waals surface area (Å²) in [5, 5.41) is 10.9. The summed E-state index contributed by atoms with van der Waals surface area (Å²) in [5.74, 6) is 0.274. The van der Waals surface area contributed by atoms with Crippen molar-refractivity contribution in [3.63, 3.8) is 0 Å². The number of anilines is 1. The van der Waals surface area contributed by atoms with Gasteiger partial charge in [0.25, 0.3) is 0 Å². The number of halogens is 1. The number of aryl methyl sites for hydroxylation is 2. The van der Waals surface area contributed by atoms with Gasteiger partial charge in [-0.25, -0.2) is 15.0 Å². The summed E-state index contributed by atoms with van der Waals surface area (Å²) in [6, 6.07) is 7.52. The normalized spacial score (nSPS) is 12.3. The number of rotatable bonds is 3. The minimum Gasteiger partial charge on any atom is -0.384 e. The number of nitrogen functional groups attached to an aromatic ring is 1. The molecule has 0 aliphatic carbocycles. The van der Waals surface area contributed by atoms with Crippen LogP contribution in [0.3, 0.4) is 0 Å². The summed E-state index contributed by atoms with van der Waals surface area (Å²) in [7, 11) is 1.97. The molecule has 0 saturated heterocycles. The van der Waals surface area contributed by atoms with Crippen molar-refractivity contribution in [1.82, 2.24) is 19.5 Å². The highest BCUT2D eigenvalue weighted by molar-refractivity contribution is 7.99. The van der Waals surface area contributed by atoms with Crippen molar-refractivity contribution >= 4 is 40.1 Å². The van der Waals surface area contributed by atoms with Crippen molar-refractivity contribution in [2.24, 2.45) is 7.05 Å². The Kier molecular flexibility index (Phi) is 4.35. The number of nitrogens with zero attached hydrogens (tertiary/aromatic N) is 5. The van der Waals surface area contributed by atoms with Crippen LogP contribution in [-0.4, -0.2) is 19.5 Å². The van der Waals surface area contributed by atoms with Gasteiger partial charge in [0.2, 0.25) is 0 Å². The fourth-order valence-corrected chi connectivity index (χ4v) is 3.67. The zero-order valence-electron chi connectivity index (χ0n) is 13.4. The van der Waals surface area contributed by atoms with E-state index in [2.05, 4.69) is 21.0 Å². The van der Waals surface area contributed by atoms with Crippen LogP contribution >= 0.6 is 23.4 Å². The molecule has 0 amide bonds. The maximum Gasteiger partial charge on any atom is 0.191 e. The van der Waals surface area contributed by atoms with E-state index in [9.17, 15) is 0 Å².